The molecule has 4 aliphatic rings. The van der Waals surface area contributed by atoms with Crippen molar-refractivity contribution in [2.75, 3.05) is 19.6 Å². The van der Waals surface area contributed by atoms with Crippen molar-refractivity contribution < 1.29 is 113 Å². The Balaban J connectivity index is -0.000000195. The van der Waals surface area contributed by atoms with Crippen LogP contribution in [0.5, 0.6) is 0 Å². The van der Waals surface area contributed by atoms with Crippen molar-refractivity contribution in [2.45, 2.75) is 150 Å². The standard InChI is InChI=1S/3C10H14.3C5H10NO2.FH.Li.3Ru/c3*1-8(2)10-6-4-9(3)5-7-10;3*7-4-2-1-3-6-5(4)8;;;;;/h3*4-8H,1-3H3;3*4-5,7-8H,1-3H2;1H;;;;/q;;-6;3*-1;;+1;;;/p-1. The van der Waals surface area contributed by atoms with Gasteiger partial charge in [0.05, 0.1) is 18.3 Å². The average molecular weight is 1080 g/mol. The van der Waals surface area contributed by atoms with Crippen LogP contribution in [0.4, 0.5) is 0 Å². The smallest absolute Gasteiger partial charge is 1.00 e. The molecule has 1 aliphatic carbocycles. The van der Waals surface area contributed by atoms with Gasteiger partial charge in [-0.3, -0.25) is 0 Å². The van der Waals surface area contributed by atoms with Gasteiger partial charge in [0.15, 0.2) is 0 Å². The molecular formula is C45H72FLiN3O6Ru3-9. The third-order valence-corrected chi connectivity index (χ3v) is 9.19. The van der Waals surface area contributed by atoms with Crippen LogP contribution < -0.4 is 23.6 Å². The van der Waals surface area contributed by atoms with Crippen molar-refractivity contribution in [3.05, 3.63) is 124 Å². The molecule has 6 atom stereocenters. The fourth-order valence-electron chi connectivity index (χ4n) is 5.24. The Morgan fingerprint density at radius 1 is 0.525 bits per heavy atom. The number of hydrogen-bond acceptors (Lipinski definition) is 6. The van der Waals surface area contributed by atoms with Crippen molar-refractivity contribution >= 4 is 0 Å². The number of benzene rings is 2. The minimum atomic E-state index is -0.816. The van der Waals surface area contributed by atoms with Crippen molar-refractivity contribution in [3.8, 4) is 0 Å². The molecule has 6 N–H and O–H groups in total. The van der Waals surface area contributed by atoms with Crippen molar-refractivity contribution in [2.24, 2.45) is 5.92 Å². The van der Waals surface area contributed by atoms with E-state index in [0.29, 0.717) is 56.7 Å². The molecule has 3 aliphatic heterocycles. The van der Waals surface area contributed by atoms with E-state index in [1.807, 2.05) is 0 Å². The largest absolute Gasteiger partial charge is 1.00 e. The summed E-state index contributed by atoms with van der Waals surface area (Å²) in [4.78, 5) is 0. The second kappa shape index (κ2) is 40.0. The molecule has 0 radical (unpaired) electrons. The summed E-state index contributed by atoms with van der Waals surface area (Å²) in [5, 5.41) is 63.9. The maximum atomic E-state index is 8.83. The van der Waals surface area contributed by atoms with Gasteiger partial charge in [-0.1, -0.05) is 120 Å². The van der Waals surface area contributed by atoms with E-state index in [0.717, 1.165) is 19.3 Å². The van der Waals surface area contributed by atoms with Gasteiger partial charge in [0.2, 0.25) is 0 Å². The zero-order valence-corrected chi connectivity index (χ0v) is 42.2. The average Bonchev–Trinajstić information content (AvgIpc) is 3.14. The van der Waals surface area contributed by atoms with Gasteiger partial charge >= 0.3 is 18.9 Å². The number of nitrogens with zero attached hydrogens (tertiary/aromatic N) is 3. The number of rotatable bonds is 3. The predicted molar refractivity (Wildman–Crippen MR) is 223 cm³/mol. The number of halogens is 1. The van der Waals surface area contributed by atoms with Crippen LogP contribution in [0, 0.1) is 57.3 Å². The summed E-state index contributed by atoms with van der Waals surface area (Å²) >= 11 is 0. The molecule has 59 heavy (non-hydrogen) atoms. The van der Waals surface area contributed by atoms with Crippen LogP contribution >= 0.6 is 0 Å². The Labute approximate surface area is 409 Å². The fourth-order valence-corrected chi connectivity index (χ4v) is 5.24. The maximum absolute atomic E-state index is 8.83. The summed E-state index contributed by atoms with van der Waals surface area (Å²) in [6, 6.07) is 17.4. The molecule has 0 aromatic heterocycles. The summed E-state index contributed by atoms with van der Waals surface area (Å²) in [6.45, 7) is 21.7. The van der Waals surface area contributed by atoms with E-state index in [1.54, 1.807) is 0 Å². The van der Waals surface area contributed by atoms with E-state index in [-0.39, 0.29) is 82.0 Å². The molecule has 3 heterocycles. The van der Waals surface area contributed by atoms with Gasteiger partial charge in [0, 0.05) is 58.4 Å². The van der Waals surface area contributed by atoms with Gasteiger partial charge in [-0.25, -0.2) is 12.8 Å². The Morgan fingerprint density at radius 2 is 0.797 bits per heavy atom. The maximum Gasteiger partial charge on any atom is 1.00 e. The van der Waals surface area contributed by atoms with Gasteiger partial charge in [0.25, 0.3) is 0 Å². The monoisotopic (exact) mass is 1080 g/mol. The van der Waals surface area contributed by atoms with Gasteiger partial charge in [-0.15, -0.1) is 19.6 Å². The minimum absolute atomic E-state index is 0. The van der Waals surface area contributed by atoms with Crippen LogP contribution in [0.1, 0.15) is 121 Å². The van der Waals surface area contributed by atoms with E-state index in [9.17, 15) is 0 Å². The van der Waals surface area contributed by atoms with Gasteiger partial charge in [0.1, 0.15) is 0 Å². The fraction of sp³-hybridized carbons (Fsp3) is 0.600. The first-order valence-corrected chi connectivity index (χ1v) is 19.8. The van der Waals surface area contributed by atoms with Crippen molar-refractivity contribution in [1.29, 1.82) is 0 Å². The van der Waals surface area contributed by atoms with Crippen LogP contribution in [0.15, 0.2) is 48.5 Å². The van der Waals surface area contributed by atoms with E-state index in [1.165, 1.54) is 34.1 Å². The summed E-state index contributed by atoms with van der Waals surface area (Å²) in [7, 11) is 0. The van der Waals surface area contributed by atoms with Crippen LogP contribution in [-0.4, -0.2) is 87.3 Å². The number of aliphatic hydroxyl groups excluding tert-OH is 6. The van der Waals surface area contributed by atoms with E-state index >= 15 is 0 Å². The molecule has 6 rings (SSSR count). The first-order valence-electron chi connectivity index (χ1n) is 19.8. The number of aryl methyl sites for hydroxylation is 2. The molecule has 0 amide bonds. The predicted octanol–water partition coefficient (Wildman–Crippen LogP) is 2.38. The molecule has 4 fully saturated rings. The third-order valence-electron chi connectivity index (χ3n) is 9.19. The summed E-state index contributed by atoms with van der Waals surface area (Å²) in [5.41, 5.74) is 5.52. The second-order valence-electron chi connectivity index (χ2n) is 15.3. The first kappa shape index (κ1) is 68.5. The topological polar surface area (TPSA) is 164 Å². The van der Waals surface area contributed by atoms with Crippen LogP contribution in [0.3, 0.4) is 0 Å². The van der Waals surface area contributed by atoms with E-state index in [2.05, 4.69) is 152 Å². The summed E-state index contributed by atoms with van der Waals surface area (Å²) < 4.78 is 0. The van der Waals surface area contributed by atoms with Crippen molar-refractivity contribution in [1.82, 2.24) is 0 Å². The van der Waals surface area contributed by atoms with Crippen molar-refractivity contribution in [3.63, 3.8) is 0 Å². The van der Waals surface area contributed by atoms with E-state index < -0.39 is 37.0 Å². The Morgan fingerprint density at radius 3 is 0.983 bits per heavy atom. The Bertz CT molecular complexity index is 1080. The molecule has 14 heteroatoms. The molecular weight excluding hydrogens is 1010 g/mol. The molecule has 1 saturated carbocycles. The zero-order valence-electron chi connectivity index (χ0n) is 37.0. The van der Waals surface area contributed by atoms with Gasteiger partial charge in [-0.05, 0) is 74.8 Å². The number of piperidine rings is 3. The van der Waals surface area contributed by atoms with Crippen LogP contribution in [-0.2, 0) is 58.4 Å². The molecule has 3 saturated heterocycles. The molecule has 2 aromatic carbocycles. The molecule has 2 aromatic rings. The van der Waals surface area contributed by atoms with E-state index in [4.69, 9.17) is 30.6 Å². The number of hydrogen-bond donors (Lipinski definition) is 6. The van der Waals surface area contributed by atoms with Gasteiger partial charge < -0.3 is 88.8 Å². The number of aliphatic hydroxyl groups is 6. The third kappa shape index (κ3) is 32.7. The Hall–Kier alpha value is 0.478. The SMILES string of the molecule is C[C-]1[CH-][CH-][C-](C(C)C)[CH-][CH-]1.Cc1ccc(C(C)C)cc1.Cc1ccc(C(C)C)cc1.OC1CCC[N-]C1O.OC1CCC[N-]C1O.OC1CCC[N-]C1O.[F-].[Li+].[Ru].[Ru].[Ru]. The zero-order chi connectivity index (χ0) is 40.6. The normalized spacial score (nSPS) is 23.8. The van der Waals surface area contributed by atoms with Crippen LogP contribution in [0.2, 0.25) is 0 Å². The molecule has 9 nitrogen and oxygen atoms in total. The first-order chi connectivity index (χ1) is 25.5. The molecule has 344 valence electrons. The summed E-state index contributed by atoms with van der Waals surface area (Å²) in [6.07, 6.45) is 9.20. The molecule has 0 spiro atoms. The van der Waals surface area contributed by atoms with Gasteiger partial charge in [-0.2, -0.15) is 0 Å². The Kier molecular flexibility index (Phi) is 46.5. The second-order valence-corrected chi connectivity index (χ2v) is 15.3. The minimum Gasteiger partial charge on any atom is -1.00 e. The summed E-state index contributed by atoms with van der Waals surface area (Å²) in [5.74, 6) is 4.72. The van der Waals surface area contributed by atoms with Crippen LogP contribution in [0.25, 0.3) is 16.0 Å². The quantitative estimate of drug-likeness (QED) is 0.205. The molecule has 0 bridgehead atoms. The molecule has 6 unspecified atom stereocenters.